The Morgan fingerprint density at radius 3 is 1.27 bits per heavy atom. The molecule has 0 spiro atoms. The van der Waals surface area contributed by atoms with Crippen LogP contribution in [0.5, 0.6) is 0 Å². The fraction of sp³-hybridized carbons (Fsp3) is 0.333. The van der Waals surface area contributed by atoms with Gasteiger partial charge in [-0.2, -0.15) is 0 Å². The van der Waals surface area contributed by atoms with Crippen LogP contribution in [-0.4, -0.2) is 22.2 Å². The first-order valence-electron chi connectivity index (χ1n) is 2.61. The molecule has 0 saturated carbocycles. The molecule has 0 bridgehead atoms. The smallest absolute Gasteiger partial charge is 0.477 e. The van der Waals surface area contributed by atoms with Crippen molar-refractivity contribution < 1.29 is 49.4 Å². The van der Waals surface area contributed by atoms with E-state index in [1.54, 1.807) is 0 Å². The minimum absolute atomic E-state index is 0. The van der Waals surface area contributed by atoms with Gasteiger partial charge in [0.05, 0.1) is 0 Å². The van der Waals surface area contributed by atoms with Gasteiger partial charge in [-0.1, -0.05) is 5.57 Å². The summed E-state index contributed by atoms with van der Waals surface area (Å²) in [6.07, 6.45) is 0. The van der Waals surface area contributed by atoms with Crippen molar-refractivity contribution in [2.45, 2.75) is 13.8 Å². The molecule has 0 heterocycles. The average Bonchev–Trinajstić information content (AvgIpc) is 1.59. The molecule has 11 heavy (non-hydrogen) atoms. The largest absolute Gasteiger partial charge is 1.00 e. The molecule has 5 heteroatoms. The molecule has 0 amide bonds. The first kappa shape index (κ1) is 13.3. The van der Waals surface area contributed by atoms with Gasteiger partial charge in [0.1, 0.15) is 5.57 Å². The molecule has 0 saturated heterocycles. The number of carboxylic acids is 2. The summed E-state index contributed by atoms with van der Waals surface area (Å²) in [6, 6.07) is 0. The van der Waals surface area contributed by atoms with E-state index in [2.05, 4.69) is 0 Å². The van der Waals surface area contributed by atoms with Crippen molar-refractivity contribution in [2.75, 3.05) is 0 Å². The molecule has 0 aliphatic rings. The summed E-state index contributed by atoms with van der Waals surface area (Å²) < 4.78 is 0. The van der Waals surface area contributed by atoms with Crippen LogP contribution in [0.4, 0.5) is 0 Å². The molecular weight excluding hydrogens is 159 g/mol. The van der Waals surface area contributed by atoms with E-state index in [0.717, 1.165) is 0 Å². The molecule has 56 valence electrons. The summed E-state index contributed by atoms with van der Waals surface area (Å²) in [5.41, 5.74) is -0.264. The number of hydrogen-bond acceptors (Lipinski definition) is 2. The zero-order valence-corrected chi connectivity index (χ0v) is 8.71. The van der Waals surface area contributed by atoms with Crippen molar-refractivity contribution in [3.05, 3.63) is 11.1 Å². The van der Waals surface area contributed by atoms with Crippen LogP contribution in [-0.2, 0) is 9.59 Å². The molecular formula is C6H8NaO4+. The van der Waals surface area contributed by atoms with Gasteiger partial charge < -0.3 is 10.2 Å². The maximum absolute atomic E-state index is 10.1. The minimum atomic E-state index is -1.40. The number of carboxylic acid groups (broad SMARTS) is 2. The quantitative estimate of drug-likeness (QED) is 0.206. The zero-order valence-electron chi connectivity index (χ0n) is 6.71. The second-order valence-corrected chi connectivity index (χ2v) is 1.99. The summed E-state index contributed by atoms with van der Waals surface area (Å²) in [5.74, 6) is -2.79. The fourth-order valence-electron chi connectivity index (χ4n) is 0.519. The molecule has 0 aromatic rings. The van der Waals surface area contributed by atoms with Gasteiger partial charge in [0.25, 0.3) is 0 Å². The SMILES string of the molecule is CC(C)=C(C(=O)O)C(=O)O.[Na+]. The summed E-state index contributed by atoms with van der Waals surface area (Å²) >= 11 is 0. The number of hydrogen-bond donors (Lipinski definition) is 2. The standard InChI is InChI=1S/C6H8O4.Na/c1-3(2)4(5(7)8)6(9)10;/h1-2H3,(H,7,8)(H,9,10);/q;+1. The van der Waals surface area contributed by atoms with E-state index < -0.39 is 17.5 Å². The number of carbonyl (C=O) groups is 2. The van der Waals surface area contributed by atoms with Gasteiger partial charge in [-0.05, 0) is 13.8 Å². The summed E-state index contributed by atoms with van der Waals surface area (Å²) in [7, 11) is 0. The molecule has 0 aliphatic carbocycles. The Bertz CT molecular complexity index is 187. The topological polar surface area (TPSA) is 74.6 Å². The van der Waals surface area contributed by atoms with E-state index in [4.69, 9.17) is 10.2 Å². The molecule has 0 atom stereocenters. The zero-order chi connectivity index (χ0) is 8.31. The normalized spacial score (nSPS) is 7.82. The van der Waals surface area contributed by atoms with Crippen molar-refractivity contribution in [1.29, 1.82) is 0 Å². The first-order chi connectivity index (χ1) is 4.46. The van der Waals surface area contributed by atoms with Crippen molar-refractivity contribution >= 4 is 11.9 Å². The maximum atomic E-state index is 10.1. The Hall–Kier alpha value is -0.320. The van der Waals surface area contributed by atoms with Crippen LogP contribution in [0.3, 0.4) is 0 Å². The van der Waals surface area contributed by atoms with Crippen molar-refractivity contribution in [2.24, 2.45) is 0 Å². The molecule has 0 radical (unpaired) electrons. The first-order valence-corrected chi connectivity index (χ1v) is 2.61. The maximum Gasteiger partial charge on any atom is 1.00 e. The molecule has 0 aromatic carbocycles. The molecule has 0 aliphatic heterocycles. The molecule has 0 fully saturated rings. The van der Waals surface area contributed by atoms with Crippen LogP contribution in [0, 0.1) is 0 Å². The van der Waals surface area contributed by atoms with E-state index >= 15 is 0 Å². The number of aliphatic carboxylic acids is 2. The van der Waals surface area contributed by atoms with Crippen LogP contribution in [0.25, 0.3) is 0 Å². The number of rotatable bonds is 2. The molecule has 4 nitrogen and oxygen atoms in total. The van der Waals surface area contributed by atoms with E-state index in [-0.39, 0.29) is 29.6 Å². The third-order valence-electron chi connectivity index (χ3n) is 0.928. The third kappa shape index (κ3) is 4.19. The van der Waals surface area contributed by atoms with Gasteiger partial charge in [0.2, 0.25) is 0 Å². The second-order valence-electron chi connectivity index (χ2n) is 1.99. The van der Waals surface area contributed by atoms with Gasteiger partial charge in [-0.25, -0.2) is 9.59 Å². The summed E-state index contributed by atoms with van der Waals surface area (Å²) in [6.45, 7) is 2.88. The van der Waals surface area contributed by atoms with Crippen LogP contribution < -0.4 is 29.6 Å². The average molecular weight is 167 g/mol. The summed E-state index contributed by atoms with van der Waals surface area (Å²) in [4.78, 5) is 20.3. The molecule has 0 rings (SSSR count). The van der Waals surface area contributed by atoms with E-state index in [9.17, 15) is 9.59 Å². The third-order valence-corrected chi connectivity index (χ3v) is 0.928. The Morgan fingerprint density at radius 1 is 1.00 bits per heavy atom. The van der Waals surface area contributed by atoms with E-state index in [0.29, 0.717) is 5.57 Å². The van der Waals surface area contributed by atoms with E-state index in [1.165, 1.54) is 13.8 Å². The Balaban J connectivity index is 0. The Morgan fingerprint density at radius 2 is 1.27 bits per heavy atom. The van der Waals surface area contributed by atoms with Gasteiger partial charge in [-0.15, -0.1) is 0 Å². The molecule has 0 aromatic heterocycles. The van der Waals surface area contributed by atoms with Crippen LogP contribution >= 0.6 is 0 Å². The van der Waals surface area contributed by atoms with Crippen molar-refractivity contribution in [3.63, 3.8) is 0 Å². The van der Waals surface area contributed by atoms with Crippen molar-refractivity contribution in [3.8, 4) is 0 Å². The van der Waals surface area contributed by atoms with Gasteiger partial charge in [0.15, 0.2) is 0 Å². The number of allylic oxidation sites excluding steroid dienone is 1. The van der Waals surface area contributed by atoms with Crippen LogP contribution in [0.2, 0.25) is 0 Å². The van der Waals surface area contributed by atoms with Gasteiger partial charge >= 0.3 is 41.5 Å². The Kier molecular flexibility index (Phi) is 6.46. The predicted octanol–water partition coefficient (Wildman–Crippen LogP) is -2.50. The molecule has 0 unspecified atom stereocenters. The van der Waals surface area contributed by atoms with Gasteiger partial charge in [0, 0.05) is 0 Å². The predicted molar refractivity (Wildman–Crippen MR) is 33.6 cm³/mol. The van der Waals surface area contributed by atoms with Crippen molar-refractivity contribution in [1.82, 2.24) is 0 Å². The van der Waals surface area contributed by atoms with Crippen LogP contribution in [0.15, 0.2) is 11.1 Å². The molecule has 2 N–H and O–H groups in total. The fourth-order valence-corrected chi connectivity index (χ4v) is 0.519. The van der Waals surface area contributed by atoms with Crippen LogP contribution in [0.1, 0.15) is 13.8 Å². The minimum Gasteiger partial charge on any atom is -0.477 e. The monoisotopic (exact) mass is 167 g/mol. The van der Waals surface area contributed by atoms with Gasteiger partial charge in [-0.3, -0.25) is 0 Å². The second kappa shape index (κ2) is 5.35. The summed E-state index contributed by atoms with van der Waals surface area (Å²) in [5, 5.41) is 16.6. The van der Waals surface area contributed by atoms with E-state index in [1.807, 2.05) is 0 Å². The Labute approximate surface area is 86.2 Å².